The van der Waals surface area contributed by atoms with E-state index in [0.717, 1.165) is 19.4 Å². The summed E-state index contributed by atoms with van der Waals surface area (Å²) in [5.41, 5.74) is 5.28. The monoisotopic (exact) mass is 131 g/mol. The van der Waals surface area contributed by atoms with Gasteiger partial charge in [0.05, 0.1) is 0 Å². The third kappa shape index (κ3) is 4.22. The maximum atomic E-state index is 5.28. The van der Waals surface area contributed by atoms with E-state index >= 15 is 0 Å². The Hall–Kier alpha value is 0.0500. The molecule has 0 saturated heterocycles. The molecule has 8 heavy (non-hydrogen) atoms. The van der Waals surface area contributed by atoms with Gasteiger partial charge in [-0.05, 0) is 30.7 Å². The molecule has 0 fully saturated rings. The van der Waals surface area contributed by atoms with Gasteiger partial charge >= 0.3 is 0 Å². The van der Waals surface area contributed by atoms with E-state index in [1.54, 1.807) is 5.37 Å². The van der Waals surface area contributed by atoms with Gasteiger partial charge in [0.25, 0.3) is 0 Å². The van der Waals surface area contributed by atoms with E-state index in [9.17, 15) is 0 Å². The van der Waals surface area contributed by atoms with Crippen LogP contribution in [0.25, 0.3) is 0 Å². The highest BCUT2D eigenvalue weighted by Gasteiger charge is 1.92. The third-order valence-electron chi connectivity index (χ3n) is 1.10. The molecule has 0 rings (SSSR count). The van der Waals surface area contributed by atoms with E-state index in [-0.39, 0.29) is 0 Å². The van der Waals surface area contributed by atoms with Gasteiger partial charge in [-0.2, -0.15) is 0 Å². The van der Waals surface area contributed by atoms with E-state index in [1.165, 1.54) is 0 Å². The molecule has 0 spiro atoms. The lowest BCUT2D eigenvalue weighted by Crippen LogP contribution is -2.02. The number of nitrogens with two attached hydrogens (primary N) is 1. The Morgan fingerprint density at radius 3 is 2.75 bits per heavy atom. The zero-order valence-corrected chi connectivity index (χ0v) is 6.08. The molecule has 0 amide bonds. The molecule has 2 heteroatoms. The molecule has 0 radical (unpaired) electrons. The minimum absolute atomic E-state index is 0.563. The van der Waals surface area contributed by atoms with Crippen LogP contribution in [0.3, 0.4) is 0 Å². The van der Waals surface area contributed by atoms with Gasteiger partial charge in [-0.3, -0.25) is 0 Å². The number of rotatable bonds is 4. The highest BCUT2D eigenvalue weighted by molar-refractivity contribution is 7.79. The molecule has 1 atom stereocenters. The minimum Gasteiger partial charge on any atom is -0.330 e. The molecule has 48 valence electrons. The predicted molar refractivity (Wildman–Crippen MR) is 41.1 cm³/mol. The molecule has 0 aromatic rings. The Balaban J connectivity index is 2.98. The second kappa shape index (κ2) is 5.19. The lowest BCUT2D eigenvalue weighted by molar-refractivity contribution is 0.655. The summed E-state index contributed by atoms with van der Waals surface area (Å²) in [4.78, 5) is 0. The first-order valence-electron chi connectivity index (χ1n) is 2.96. The van der Waals surface area contributed by atoms with Crippen LogP contribution in [-0.2, 0) is 0 Å². The van der Waals surface area contributed by atoms with Crippen molar-refractivity contribution in [2.75, 3.05) is 6.54 Å². The number of hydrogen-bond acceptors (Lipinski definition) is 2. The molecule has 0 aromatic heterocycles. The van der Waals surface area contributed by atoms with Crippen molar-refractivity contribution in [2.45, 2.75) is 19.8 Å². The lowest BCUT2D eigenvalue weighted by Gasteiger charge is -1.99. The van der Waals surface area contributed by atoms with E-state index in [1.807, 2.05) is 0 Å². The van der Waals surface area contributed by atoms with Gasteiger partial charge in [-0.1, -0.05) is 19.1 Å². The normalized spacial score (nSPS) is 13.2. The van der Waals surface area contributed by atoms with Gasteiger partial charge in [-0.25, -0.2) is 0 Å². The zero-order valence-electron chi connectivity index (χ0n) is 5.26. The standard InChI is InChI=1S/C6H13NS/c1-6(5-8)3-2-4-7/h5-6H,2-4,7H2,1H3. The fourth-order valence-corrected chi connectivity index (χ4v) is 0.644. The van der Waals surface area contributed by atoms with E-state index in [0.29, 0.717) is 5.92 Å². The second-order valence-corrected chi connectivity index (χ2v) is 2.32. The SMILES string of the molecule is CC(C=S)CCCN. The molecule has 1 nitrogen and oxygen atoms in total. The first-order chi connectivity index (χ1) is 3.81. The van der Waals surface area contributed by atoms with Gasteiger partial charge in [0, 0.05) is 0 Å². The molecular formula is C6H13NS. The van der Waals surface area contributed by atoms with Crippen LogP contribution in [-0.4, -0.2) is 11.9 Å². The molecule has 0 aliphatic carbocycles. The minimum atomic E-state index is 0.563. The van der Waals surface area contributed by atoms with Crippen molar-refractivity contribution in [1.29, 1.82) is 0 Å². The Bertz CT molecular complexity index is 63.5. The van der Waals surface area contributed by atoms with Crippen LogP contribution >= 0.6 is 12.2 Å². The third-order valence-corrected chi connectivity index (χ3v) is 1.56. The zero-order chi connectivity index (χ0) is 6.41. The highest BCUT2D eigenvalue weighted by Crippen LogP contribution is 1.99. The molecule has 2 N–H and O–H groups in total. The lowest BCUT2D eigenvalue weighted by atomic mass is 10.1. The van der Waals surface area contributed by atoms with Gasteiger partial charge in [0.2, 0.25) is 0 Å². The topological polar surface area (TPSA) is 26.0 Å². The van der Waals surface area contributed by atoms with Crippen molar-refractivity contribution in [2.24, 2.45) is 11.7 Å². The van der Waals surface area contributed by atoms with E-state index < -0.39 is 0 Å². The van der Waals surface area contributed by atoms with E-state index in [4.69, 9.17) is 18.0 Å². The first kappa shape index (κ1) is 8.05. The van der Waals surface area contributed by atoms with Gasteiger partial charge in [-0.15, -0.1) is 0 Å². The number of hydrogen-bond donors (Lipinski definition) is 1. The summed E-state index contributed by atoms with van der Waals surface area (Å²) in [6, 6.07) is 0. The summed E-state index contributed by atoms with van der Waals surface area (Å²) in [6.07, 6.45) is 2.23. The van der Waals surface area contributed by atoms with Crippen LogP contribution in [0.15, 0.2) is 0 Å². The maximum Gasteiger partial charge on any atom is -0.00771 e. The van der Waals surface area contributed by atoms with Crippen LogP contribution in [0, 0.1) is 5.92 Å². The van der Waals surface area contributed by atoms with Crippen LogP contribution in [0.1, 0.15) is 19.8 Å². The molecule has 0 aliphatic rings. The average Bonchev–Trinajstić information content (AvgIpc) is 1.83. The Morgan fingerprint density at radius 2 is 2.38 bits per heavy atom. The van der Waals surface area contributed by atoms with Crippen molar-refractivity contribution >= 4 is 17.6 Å². The summed E-state index contributed by atoms with van der Waals surface area (Å²) in [6.45, 7) is 2.90. The Kier molecular flexibility index (Phi) is 5.22. The summed E-state index contributed by atoms with van der Waals surface area (Å²) in [5, 5.41) is 1.80. The maximum absolute atomic E-state index is 5.28. The van der Waals surface area contributed by atoms with Crippen LogP contribution in [0.4, 0.5) is 0 Å². The second-order valence-electron chi connectivity index (χ2n) is 2.04. The first-order valence-corrected chi connectivity index (χ1v) is 3.43. The molecule has 1 unspecified atom stereocenters. The molecule has 0 aromatic carbocycles. The van der Waals surface area contributed by atoms with Crippen molar-refractivity contribution in [3.05, 3.63) is 0 Å². The summed E-state index contributed by atoms with van der Waals surface area (Å²) < 4.78 is 0. The van der Waals surface area contributed by atoms with Gasteiger partial charge < -0.3 is 5.73 Å². The van der Waals surface area contributed by atoms with Gasteiger partial charge in [0.15, 0.2) is 0 Å². The fraction of sp³-hybridized carbons (Fsp3) is 0.833. The van der Waals surface area contributed by atoms with Crippen LogP contribution in [0.5, 0.6) is 0 Å². The largest absolute Gasteiger partial charge is 0.330 e. The van der Waals surface area contributed by atoms with Crippen molar-refractivity contribution in [1.82, 2.24) is 0 Å². The highest BCUT2D eigenvalue weighted by atomic mass is 32.1. The van der Waals surface area contributed by atoms with Gasteiger partial charge in [0.1, 0.15) is 0 Å². The van der Waals surface area contributed by atoms with Crippen molar-refractivity contribution < 1.29 is 0 Å². The van der Waals surface area contributed by atoms with Crippen molar-refractivity contribution in [3.63, 3.8) is 0 Å². The summed E-state index contributed by atoms with van der Waals surface area (Å²) in [7, 11) is 0. The Labute approximate surface area is 56.3 Å². The van der Waals surface area contributed by atoms with Crippen LogP contribution < -0.4 is 5.73 Å². The molecule has 0 aliphatic heterocycles. The van der Waals surface area contributed by atoms with Crippen LogP contribution in [0.2, 0.25) is 0 Å². The molecule has 0 heterocycles. The van der Waals surface area contributed by atoms with Crippen molar-refractivity contribution in [3.8, 4) is 0 Å². The molecule has 0 bridgehead atoms. The quantitative estimate of drug-likeness (QED) is 0.583. The molecular weight excluding hydrogens is 118 g/mol. The summed E-state index contributed by atoms with van der Waals surface area (Å²) in [5.74, 6) is 0.563. The number of thiocarbonyl (C=S) groups is 1. The van der Waals surface area contributed by atoms with E-state index in [2.05, 4.69) is 6.92 Å². The average molecular weight is 131 g/mol. The fourth-order valence-electron chi connectivity index (χ4n) is 0.508. The smallest absolute Gasteiger partial charge is 0.00771 e. The molecule has 0 saturated carbocycles. The predicted octanol–water partition coefficient (Wildman–Crippen LogP) is 1.36. The Morgan fingerprint density at radius 1 is 1.75 bits per heavy atom. The summed E-state index contributed by atoms with van der Waals surface area (Å²) >= 11 is 4.72.